The molecule has 180 valence electrons. The highest BCUT2D eigenvalue weighted by molar-refractivity contribution is 6.34. The average molecular weight is 519 g/mol. The van der Waals surface area contributed by atoms with Crippen LogP contribution in [0.3, 0.4) is 0 Å². The first kappa shape index (κ1) is 24.8. The van der Waals surface area contributed by atoms with Crippen LogP contribution in [0.15, 0.2) is 78.0 Å². The molecule has 4 nitrogen and oxygen atoms in total. The largest absolute Gasteiger partial charge is 0.435 e. The molecule has 0 spiro atoms. The van der Waals surface area contributed by atoms with Crippen molar-refractivity contribution in [1.82, 2.24) is 0 Å². The summed E-state index contributed by atoms with van der Waals surface area (Å²) in [5, 5.41) is 6.64. The van der Waals surface area contributed by atoms with Crippen molar-refractivity contribution in [2.75, 3.05) is 5.32 Å². The van der Waals surface area contributed by atoms with Gasteiger partial charge in [0, 0.05) is 39.4 Å². The molecule has 1 N–H and O–H groups in total. The van der Waals surface area contributed by atoms with Gasteiger partial charge in [0.05, 0.1) is 5.71 Å². The Morgan fingerprint density at radius 2 is 1.74 bits per heavy atom. The number of nitrogens with zero attached hydrogens (tertiary/aromatic N) is 1. The maximum Gasteiger partial charge on any atom is 0.435 e. The topological polar surface area (TPSA) is 50.7 Å². The Morgan fingerprint density at radius 3 is 2.40 bits per heavy atom. The van der Waals surface area contributed by atoms with Crippen LogP contribution < -0.4 is 5.32 Å². The molecule has 9 heteroatoms. The van der Waals surface area contributed by atoms with Crippen LogP contribution in [0.4, 0.5) is 18.9 Å². The second-order valence-electron chi connectivity index (χ2n) is 8.05. The Morgan fingerprint density at radius 1 is 1.06 bits per heavy atom. The van der Waals surface area contributed by atoms with E-state index in [1.165, 1.54) is 24.3 Å². The number of carbonyl (C=O) groups excluding carboxylic acids is 1. The van der Waals surface area contributed by atoms with Crippen molar-refractivity contribution < 1.29 is 22.8 Å². The average Bonchev–Trinajstić information content (AvgIpc) is 3.26. The van der Waals surface area contributed by atoms with Crippen molar-refractivity contribution in [2.24, 2.45) is 5.16 Å². The molecule has 1 atom stereocenters. The quantitative estimate of drug-likeness (QED) is 0.354. The first-order chi connectivity index (χ1) is 16.6. The number of carbonyl (C=O) groups is 1. The lowest BCUT2D eigenvalue weighted by Gasteiger charge is -2.29. The highest BCUT2D eigenvalue weighted by Gasteiger charge is 2.62. The number of oxime groups is 1. The summed E-state index contributed by atoms with van der Waals surface area (Å²) in [5.74, 6) is -0.378. The van der Waals surface area contributed by atoms with Crippen molar-refractivity contribution in [3.63, 3.8) is 0 Å². The molecule has 0 saturated carbocycles. The van der Waals surface area contributed by atoms with Gasteiger partial charge < -0.3 is 10.2 Å². The van der Waals surface area contributed by atoms with Crippen molar-refractivity contribution in [3.05, 3.63) is 105 Å². The van der Waals surface area contributed by atoms with E-state index in [-0.39, 0.29) is 27.2 Å². The van der Waals surface area contributed by atoms with Crippen LogP contribution in [0.1, 0.15) is 28.7 Å². The molecule has 0 fully saturated rings. The van der Waals surface area contributed by atoms with Gasteiger partial charge in [-0.3, -0.25) is 4.79 Å². The molecule has 4 rings (SSSR count). The van der Waals surface area contributed by atoms with Crippen LogP contribution >= 0.6 is 23.2 Å². The Kier molecular flexibility index (Phi) is 6.92. The van der Waals surface area contributed by atoms with E-state index in [9.17, 15) is 18.0 Å². The first-order valence-electron chi connectivity index (χ1n) is 10.5. The summed E-state index contributed by atoms with van der Waals surface area (Å²) in [6.45, 7) is 1.78. The molecule has 3 aromatic rings. The SMILES string of the molecule is Cc1ccc(C2=NOC(c3cc(Cl)cc(Cl)c3)(C(F)(F)F)C2)cc1NC(=O)C=Cc1ccccc1. The predicted octanol–water partition coefficient (Wildman–Crippen LogP) is 7.54. The molecule has 0 aromatic heterocycles. The van der Waals surface area contributed by atoms with E-state index < -0.39 is 18.2 Å². The Hall–Kier alpha value is -3.29. The fourth-order valence-corrected chi connectivity index (χ4v) is 4.22. The first-order valence-corrected chi connectivity index (χ1v) is 11.3. The van der Waals surface area contributed by atoms with Crippen molar-refractivity contribution in [1.29, 1.82) is 0 Å². The summed E-state index contributed by atoms with van der Waals surface area (Å²) >= 11 is 11.9. The van der Waals surface area contributed by atoms with Gasteiger partial charge in [0.2, 0.25) is 5.91 Å². The van der Waals surface area contributed by atoms with E-state index in [1.807, 2.05) is 30.3 Å². The molecule has 1 unspecified atom stereocenters. The lowest BCUT2D eigenvalue weighted by atomic mass is 9.86. The minimum Gasteiger partial charge on any atom is -0.374 e. The predicted molar refractivity (Wildman–Crippen MR) is 132 cm³/mol. The summed E-state index contributed by atoms with van der Waals surface area (Å²) in [6, 6.07) is 17.9. The van der Waals surface area contributed by atoms with Crippen molar-refractivity contribution in [3.8, 4) is 0 Å². The van der Waals surface area contributed by atoms with Gasteiger partial charge in [0.1, 0.15) is 0 Å². The molecule has 35 heavy (non-hydrogen) atoms. The number of aryl methyl sites for hydroxylation is 1. The van der Waals surface area contributed by atoms with Gasteiger partial charge >= 0.3 is 6.18 Å². The van der Waals surface area contributed by atoms with Gasteiger partial charge in [-0.1, -0.05) is 70.8 Å². The molecule has 1 amide bonds. The lowest BCUT2D eigenvalue weighted by Crippen LogP contribution is -2.42. The number of rotatable bonds is 5. The van der Waals surface area contributed by atoms with E-state index in [1.54, 1.807) is 31.2 Å². The second kappa shape index (κ2) is 9.76. The van der Waals surface area contributed by atoms with Crippen LogP contribution in [-0.2, 0) is 15.2 Å². The summed E-state index contributed by atoms with van der Waals surface area (Å²) in [5.41, 5.74) is -0.473. The highest BCUT2D eigenvalue weighted by atomic mass is 35.5. The van der Waals surface area contributed by atoms with E-state index >= 15 is 0 Å². The van der Waals surface area contributed by atoms with Crippen molar-refractivity contribution >= 4 is 46.6 Å². The van der Waals surface area contributed by atoms with E-state index in [2.05, 4.69) is 10.5 Å². The number of hydrogen-bond donors (Lipinski definition) is 1. The number of hydrogen-bond acceptors (Lipinski definition) is 3. The third-order valence-electron chi connectivity index (χ3n) is 5.57. The number of benzene rings is 3. The summed E-state index contributed by atoms with van der Waals surface area (Å²) in [6.07, 6.45) is -2.33. The third-order valence-corrected chi connectivity index (χ3v) is 6.01. The Bertz CT molecular complexity index is 1300. The molecule has 1 aliphatic rings. The molecule has 1 aliphatic heterocycles. The molecule has 1 heterocycles. The normalized spacial score (nSPS) is 17.8. The third kappa shape index (κ3) is 5.36. The lowest BCUT2D eigenvalue weighted by molar-refractivity contribution is -0.275. The van der Waals surface area contributed by atoms with Crippen LogP contribution in [0.25, 0.3) is 6.08 Å². The van der Waals surface area contributed by atoms with E-state index in [0.29, 0.717) is 11.3 Å². The summed E-state index contributed by atoms with van der Waals surface area (Å²) in [4.78, 5) is 17.5. The minimum absolute atomic E-state index is 0.0528. The number of anilines is 1. The number of nitrogens with one attached hydrogen (secondary N) is 1. The molecular weight excluding hydrogens is 500 g/mol. The highest BCUT2D eigenvalue weighted by Crippen LogP contribution is 2.49. The van der Waals surface area contributed by atoms with Crippen LogP contribution in [0.2, 0.25) is 10.0 Å². The number of amides is 1. The van der Waals surface area contributed by atoms with Crippen LogP contribution in [0, 0.1) is 6.92 Å². The molecule has 3 aromatic carbocycles. The Balaban J connectivity index is 1.58. The molecule has 0 radical (unpaired) electrons. The van der Waals surface area contributed by atoms with Gasteiger partial charge in [-0.25, -0.2) is 0 Å². The Labute approximate surface area is 210 Å². The maximum absolute atomic E-state index is 14.2. The monoisotopic (exact) mass is 518 g/mol. The molecule has 0 saturated heterocycles. The zero-order valence-corrected chi connectivity index (χ0v) is 19.9. The van der Waals surface area contributed by atoms with Gasteiger partial charge in [-0.15, -0.1) is 0 Å². The van der Waals surface area contributed by atoms with E-state index in [0.717, 1.165) is 11.1 Å². The number of alkyl halides is 3. The van der Waals surface area contributed by atoms with Gasteiger partial charge in [0.25, 0.3) is 5.60 Å². The molecule has 0 aliphatic carbocycles. The smallest absolute Gasteiger partial charge is 0.374 e. The fourth-order valence-electron chi connectivity index (χ4n) is 3.69. The summed E-state index contributed by atoms with van der Waals surface area (Å²) in [7, 11) is 0. The van der Waals surface area contributed by atoms with E-state index in [4.69, 9.17) is 28.0 Å². The standard InChI is InChI=1S/C26H19Cl2F3N2O2/c1-16-7-9-18(11-22(16)32-24(34)10-8-17-5-3-2-4-6-17)23-15-25(35-33-23,26(29,30)31)19-12-20(27)14-21(28)13-19/h2-14H,15H2,1H3,(H,32,34). The van der Waals surface area contributed by atoms with Gasteiger partial charge in [-0.05, 0) is 48.4 Å². The zero-order chi connectivity index (χ0) is 25.2. The van der Waals surface area contributed by atoms with Crippen LogP contribution in [-0.4, -0.2) is 17.8 Å². The summed E-state index contributed by atoms with van der Waals surface area (Å²) < 4.78 is 42.7. The molecular formula is C26H19Cl2F3N2O2. The molecule has 0 bridgehead atoms. The van der Waals surface area contributed by atoms with Gasteiger partial charge in [-0.2, -0.15) is 13.2 Å². The van der Waals surface area contributed by atoms with Crippen LogP contribution in [0.5, 0.6) is 0 Å². The van der Waals surface area contributed by atoms with Crippen molar-refractivity contribution in [2.45, 2.75) is 25.1 Å². The van der Waals surface area contributed by atoms with Gasteiger partial charge in [0.15, 0.2) is 0 Å². The fraction of sp³-hybridized carbons (Fsp3) is 0.154. The zero-order valence-electron chi connectivity index (χ0n) is 18.4. The number of halogens is 5. The minimum atomic E-state index is -4.80. The maximum atomic E-state index is 14.2. The second-order valence-corrected chi connectivity index (χ2v) is 8.92.